The third-order valence-corrected chi connectivity index (χ3v) is 5.28. The van der Waals surface area contributed by atoms with Crippen LogP contribution in [-0.2, 0) is 14.3 Å². The Kier molecular flexibility index (Phi) is 8.08. The number of aliphatic carboxylic acids is 1. The molecule has 3 aromatic carbocycles. The van der Waals surface area contributed by atoms with Gasteiger partial charge in [-0.1, -0.05) is 48.5 Å². The van der Waals surface area contributed by atoms with Gasteiger partial charge in [-0.05, 0) is 42.3 Å². The number of benzene rings is 3. The van der Waals surface area contributed by atoms with Gasteiger partial charge in [0.05, 0.1) is 18.9 Å². The molecule has 0 aliphatic carbocycles. The molecule has 4 rings (SSSR count). The van der Waals surface area contributed by atoms with Crippen molar-refractivity contribution in [3.63, 3.8) is 0 Å². The number of carboxylic acid groups (broad SMARTS) is 1. The van der Waals surface area contributed by atoms with Crippen molar-refractivity contribution in [2.75, 3.05) is 19.8 Å². The molecule has 0 fully saturated rings. The molecule has 0 saturated carbocycles. The molecule has 0 aliphatic heterocycles. The summed E-state index contributed by atoms with van der Waals surface area (Å²) in [6, 6.07) is 22.7. The van der Waals surface area contributed by atoms with E-state index in [9.17, 15) is 9.59 Å². The van der Waals surface area contributed by atoms with Gasteiger partial charge in [0.2, 0.25) is 5.88 Å². The van der Waals surface area contributed by atoms with Gasteiger partial charge in [-0.25, -0.2) is 9.78 Å². The van der Waals surface area contributed by atoms with Gasteiger partial charge < -0.3 is 19.3 Å². The summed E-state index contributed by atoms with van der Waals surface area (Å²) in [5.41, 5.74) is 2.45. The van der Waals surface area contributed by atoms with Crippen molar-refractivity contribution in [1.82, 2.24) is 9.97 Å². The maximum absolute atomic E-state index is 11.6. The van der Waals surface area contributed by atoms with Crippen LogP contribution in [0.5, 0.6) is 11.6 Å². The smallest absolute Gasteiger partial charge is 0.341 e. The fourth-order valence-corrected chi connectivity index (χ4v) is 3.61. The van der Waals surface area contributed by atoms with E-state index in [4.69, 9.17) is 24.3 Å². The number of aromatic nitrogens is 2. The first kappa shape index (κ1) is 24.7. The average molecular weight is 487 g/mol. The second kappa shape index (κ2) is 11.8. The third kappa shape index (κ3) is 6.56. The zero-order chi connectivity index (χ0) is 25.3. The molecule has 0 spiro atoms. The van der Waals surface area contributed by atoms with Gasteiger partial charge in [-0.2, -0.15) is 4.98 Å². The number of ether oxygens (including phenoxy) is 3. The quantitative estimate of drug-likeness (QED) is 0.229. The van der Waals surface area contributed by atoms with Crippen molar-refractivity contribution in [2.45, 2.75) is 19.8 Å². The molecule has 0 radical (unpaired) electrons. The van der Waals surface area contributed by atoms with Crippen molar-refractivity contribution in [1.29, 1.82) is 0 Å². The Morgan fingerprint density at radius 3 is 2.42 bits per heavy atom. The van der Waals surface area contributed by atoms with Crippen LogP contribution in [-0.4, -0.2) is 46.8 Å². The predicted octanol–water partition coefficient (Wildman–Crippen LogP) is 5.15. The Bertz CT molecular complexity index is 1360. The summed E-state index contributed by atoms with van der Waals surface area (Å²) in [5.74, 6) is 0.130. The van der Waals surface area contributed by atoms with Crippen LogP contribution in [0.25, 0.3) is 33.4 Å². The first-order valence-electron chi connectivity index (χ1n) is 11.6. The van der Waals surface area contributed by atoms with E-state index in [0.29, 0.717) is 37.1 Å². The Balaban J connectivity index is 1.60. The lowest BCUT2D eigenvalue weighted by Gasteiger charge is -2.11. The topological polar surface area (TPSA) is 108 Å². The normalized spacial score (nSPS) is 10.7. The number of hydrogen-bond donors (Lipinski definition) is 1. The van der Waals surface area contributed by atoms with Crippen molar-refractivity contribution < 1.29 is 28.9 Å². The van der Waals surface area contributed by atoms with Gasteiger partial charge in [0.15, 0.2) is 12.4 Å². The third-order valence-electron chi connectivity index (χ3n) is 5.28. The summed E-state index contributed by atoms with van der Waals surface area (Å²) in [4.78, 5) is 31.7. The summed E-state index contributed by atoms with van der Waals surface area (Å²) >= 11 is 0. The molecule has 1 heterocycles. The molecule has 0 bridgehead atoms. The molecule has 36 heavy (non-hydrogen) atoms. The predicted molar refractivity (Wildman–Crippen MR) is 135 cm³/mol. The van der Waals surface area contributed by atoms with E-state index < -0.39 is 12.6 Å². The molecular weight excluding hydrogens is 460 g/mol. The molecule has 0 atom stereocenters. The number of esters is 1. The minimum atomic E-state index is -1.03. The molecule has 1 N–H and O–H groups in total. The molecule has 0 unspecified atom stereocenters. The van der Waals surface area contributed by atoms with Crippen LogP contribution >= 0.6 is 0 Å². The van der Waals surface area contributed by atoms with E-state index in [1.165, 1.54) is 0 Å². The fourth-order valence-electron chi connectivity index (χ4n) is 3.61. The molecule has 8 nitrogen and oxygen atoms in total. The maximum Gasteiger partial charge on any atom is 0.341 e. The SMILES string of the molecule is CCOC(=O)CCCOc1cc(-c2ccccc2)nc(-c2ccc3cc(OCC(=O)O)ccc3c2)n1. The molecule has 0 amide bonds. The Labute approximate surface area is 208 Å². The van der Waals surface area contributed by atoms with Crippen LogP contribution in [0, 0.1) is 0 Å². The zero-order valence-corrected chi connectivity index (χ0v) is 19.8. The highest BCUT2D eigenvalue weighted by molar-refractivity contribution is 5.88. The maximum atomic E-state index is 11.6. The molecule has 4 aromatic rings. The highest BCUT2D eigenvalue weighted by Gasteiger charge is 2.12. The van der Waals surface area contributed by atoms with Gasteiger partial charge >= 0.3 is 11.9 Å². The van der Waals surface area contributed by atoms with Crippen molar-refractivity contribution in [3.05, 3.63) is 72.8 Å². The van der Waals surface area contributed by atoms with Crippen LogP contribution < -0.4 is 9.47 Å². The van der Waals surface area contributed by atoms with Crippen LogP contribution in [0.3, 0.4) is 0 Å². The number of nitrogens with zero attached hydrogens (tertiary/aromatic N) is 2. The second-order valence-electron chi connectivity index (χ2n) is 7.94. The molecule has 0 saturated heterocycles. The summed E-state index contributed by atoms with van der Waals surface area (Å²) in [7, 11) is 0. The largest absolute Gasteiger partial charge is 0.482 e. The van der Waals surface area contributed by atoms with Crippen LogP contribution in [0.4, 0.5) is 0 Å². The molecule has 0 aliphatic rings. The lowest BCUT2D eigenvalue weighted by atomic mass is 10.1. The van der Waals surface area contributed by atoms with Gasteiger partial charge in [0, 0.05) is 23.6 Å². The number of fused-ring (bicyclic) bond motifs is 1. The van der Waals surface area contributed by atoms with E-state index in [1.807, 2.05) is 54.6 Å². The molecule has 1 aromatic heterocycles. The lowest BCUT2D eigenvalue weighted by molar-refractivity contribution is -0.143. The second-order valence-corrected chi connectivity index (χ2v) is 7.94. The standard InChI is InChI=1S/C28H26N2O6/c1-2-34-27(33)9-6-14-35-25-17-24(19-7-4-3-5-8-19)29-28(30-25)22-11-10-21-16-23(36-18-26(31)32)13-12-20(21)15-22/h3-5,7-8,10-13,15-17H,2,6,9,14,18H2,1H3,(H,31,32). The minimum Gasteiger partial charge on any atom is -0.482 e. The lowest BCUT2D eigenvalue weighted by Crippen LogP contribution is -2.09. The van der Waals surface area contributed by atoms with E-state index in [1.54, 1.807) is 25.1 Å². The van der Waals surface area contributed by atoms with E-state index in [2.05, 4.69) is 4.98 Å². The Morgan fingerprint density at radius 1 is 0.861 bits per heavy atom. The number of carboxylic acids is 1. The van der Waals surface area contributed by atoms with Crippen LogP contribution in [0.15, 0.2) is 72.8 Å². The summed E-state index contributed by atoms with van der Waals surface area (Å²) in [6.07, 6.45) is 0.793. The van der Waals surface area contributed by atoms with E-state index >= 15 is 0 Å². The highest BCUT2D eigenvalue weighted by atomic mass is 16.5. The Hall–Kier alpha value is -4.46. The van der Waals surface area contributed by atoms with Crippen LogP contribution in [0.1, 0.15) is 19.8 Å². The van der Waals surface area contributed by atoms with Gasteiger partial charge in [0.1, 0.15) is 5.75 Å². The number of hydrogen-bond acceptors (Lipinski definition) is 7. The van der Waals surface area contributed by atoms with Crippen LogP contribution in [0.2, 0.25) is 0 Å². The first-order valence-corrected chi connectivity index (χ1v) is 11.6. The average Bonchev–Trinajstić information content (AvgIpc) is 2.90. The van der Waals surface area contributed by atoms with Gasteiger partial charge in [-0.3, -0.25) is 4.79 Å². The number of rotatable bonds is 11. The summed E-state index contributed by atoms with van der Waals surface area (Å²) < 4.78 is 16.1. The number of carbonyl (C=O) groups excluding carboxylic acids is 1. The highest BCUT2D eigenvalue weighted by Crippen LogP contribution is 2.29. The van der Waals surface area contributed by atoms with Gasteiger partial charge in [-0.15, -0.1) is 0 Å². The van der Waals surface area contributed by atoms with E-state index in [0.717, 1.165) is 27.6 Å². The van der Waals surface area contributed by atoms with Crippen molar-refractivity contribution in [2.24, 2.45) is 0 Å². The first-order chi connectivity index (χ1) is 17.5. The minimum absolute atomic E-state index is 0.248. The zero-order valence-electron chi connectivity index (χ0n) is 19.8. The van der Waals surface area contributed by atoms with Crippen molar-refractivity contribution >= 4 is 22.7 Å². The van der Waals surface area contributed by atoms with E-state index in [-0.39, 0.29) is 12.4 Å². The monoisotopic (exact) mass is 486 g/mol. The fraction of sp³-hybridized carbons (Fsp3) is 0.214. The molecular formula is C28H26N2O6. The molecule has 8 heteroatoms. The summed E-state index contributed by atoms with van der Waals surface area (Å²) in [5, 5.41) is 10.7. The number of carbonyl (C=O) groups is 2. The van der Waals surface area contributed by atoms with Crippen molar-refractivity contribution in [3.8, 4) is 34.3 Å². The molecule has 184 valence electrons. The Morgan fingerprint density at radius 2 is 1.64 bits per heavy atom. The summed E-state index contributed by atoms with van der Waals surface area (Å²) in [6.45, 7) is 2.06. The van der Waals surface area contributed by atoms with Gasteiger partial charge in [0.25, 0.3) is 0 Å².